The number of fused-ring (bicyclic) bond motifs is 1. The van der Waals surface area contributed by atoms with Crippen LogP contribution in [0.4, 0.5) is 15.8 Å². The molecule has 8 heteroatoms. The lowest BCUT2D eigenvalue weighted by atomic mass is 10.2. The number of carbonyl (C=O) groups is 1. The van der Waals surface area contributed by atoms with E-state index in [1.807, 2.05) is 0 Å². The van der Waals surface area contributed by atoms with Crippen LogP contribution in [0.2, 0.25) is 0 Å². The fraction of sp³-hybridized carbons (Fsp3) is 0.263. The average molecular weight is 373 g/mol. The number of aromatic nitrogens is 1. The quantitative estimate of drug-likeness (QED) is 0.507. The molecule has 3 aromatic rings. The molecule has 142 valence electrons. The van der Waals surface area contributed by atoms with Gasteiger partial charge < -0.3 is 25.3 Å². The predicted octanol–water partition coefficient (Wildman–Crippen LogP) is 2.49. The molecule has 1 unspecified atom stereocenters. The van der Waals surface area contributed by atoms with Crippen LogP contribution in [-0.4, -0.2) is 40.4 Å². The minimum Gasteiger partial charge on any atom is -0.448 e. The van der Waals surface area contributed by atoms with Crippen LogP contribution in [0.5, 0.6) is 0 Å². The number of nitrogens with one attached hydrogen (secondary N) is 2. The minimum absolute atomic E-state index is 0.0172. The minimum atomic E-state index is -0.913. The first-order chi connectivity index (χ1) is 13.0. The number of aliphatic hydroxyl groups excluding tert-OH is 2. The van der Waals surface area contributed by atoms with Crippen molar-refractivity contribution in [1.29, 1.82) is 0 Å². The summed E-state index contributed by atoms with van der Waals surface area (Å²) in [6, 6.07) is 6.33. The maximum atomic E-state index is 14.2. The second-order valence-electron chi connectivity index (χ2n) is 6.17. The van der Waals surface area contributed by atoms with Crippen LogP contribution in [0.15, 0.2) is 41.1 Å². The van der Waals surface area contributed by atoms with Gasteiger partial charge in [-0.3, -0.25) is 9.78 Å². The van der Waals surface area contributed by atoms with E-state index in [9.17, 15) is 14.3 Å². The molecule has 0 fully saturated rings. The van der Waals surface area contributed by atoms with Gasteiger partial charge in [-0.2, -0.15) is 0 Å². The summed E-state index contributed by atoms with van der Waals surface area (Å²) in [7, 11) is 0. The Kier molecular flexibility index (Phi) is 5.68. The van der Waals surface area contributed by atoms with E-state index in [4.69, 9.17) is 9.52 Å². The molecule has 0 bridgehead atoms. The zero-order chi connectivity index (χ0) is 19.4. The molecular formula is C19H20FN3O4. The number of nitrogens with zero attached hydrogens (tertiary/aromatic N) is 1. The number of rotatable bonds is 7. The van der Waals surface area contributed by atoms with Crippen molar-refractivity contribution < 1.29 is 23.8 Å². The maximum absolute atomic E-state index is 14.2. The van der Waals surface area contributed by atoms with E-state index < -0.39 is 17.8 Å². The Morgan fingerprint density at radius 2 is 2.19 bits per heavy atom. The molecule has 0 aliphatic heterocycles. The van der Waals surface area contributed by atoms with Crippen molar-refractivity contribution in [1.82, 2.24) is 10.3 Å². The molecule has 0 saturated heterocycles. The summed E-state index contributed by atoms with van der Waals surface area (Å²) in [5.74, 6) is -0.992. The molecule has 3 rings (SSSR count). The SMILES string of the molecule is Cc1ccc(Nc2c(C(=O)NCCC(O)CO)oc3ccncc23)c(F)c1. The van der Waals surface area contributed by atoms with Gasteiger partial charge in [0.25, 0.3) is 5.91 Å². The van der Waals surface area contributed by atoms with Crippen LogP contribution >= 0.6 is 0 Å². The average Bonchev–Trinajstić information content (AvgIpc) is 3.02. The van der Waals surface area contributed by atoms with Gasteiger partial charge in [0.05, 0.1) is 23.8 Å². The molecule has 0 aliphatic rings. The highest BCUT2D eigenvalue weighted by Crippen LogP contribution is 2.33. The van der Waals surface area contributed by atoms with E-state index >= 15 is 0 Å². The van der Waals surface area contributed by atoms with Gasteiger partial charge in [-0.25, -0.2) is 4.39 Å². The highest BCUT2D eigenvalue weighted by Gasteiger charge is 2.22. The van der Waals surface area contributed by atoms with Gasteiger partial charge in [0.2, 0.25) is 5.76 Å². The molecule has 4 N–H and O–H groups in total. The molecular weight excluding hydrogens is 353 g/mol. The number of carbonyl (C=O) groups excluding carboxylic acids is 1. The van der Waals surface area contributed by atoms with Crippen molar-refractivity contribution in [3.05, 3.63) is 53.8 Å². The highest BCUT2D eigenvalue weighted by atomic mass is 19.1. The lowest BCUT2D eigenvalue weighted by Gasteiger charge is -2.10. The first-order valence-corrected chi connectivity index (χ1v) is 8.46. The molecule has 0 saturated carbocycles. The van der Waals surface area contributed by atoms with Crippen molar-refractivity contribution >= 4 is 28.3 Å². The number of aliphatic hydroxyl groups is 2. The van der Waals surface area contributed by atoms with E-state index in [0.717, 1.165) is 5.56 Å². The Bertz CT molecular complexity index is 957. The zero-order valence-electron chi connectivity index (χ0n) is 14.7. The van der Waals surface area contributed by atoms with Crippen molar-refractivity contribution in [3.63, 3.8) is 0 Å². The van der Waals surface area contributed by atoms with Gasteiger partial charge >= 0.3 is 0 Å². The summed E-state index contributed by atoms with van der Waals surface area (Å²) < 4.78 is 19.9. The van der Waals surface area contributed by atoms with Gasteiger partial charge in [0, 0.05) is 18.9 Å². The smallest absolute Gasteiger partial charge is 0.289 e. The Balaban J connectivity index is 1.90. The van der Waals surface area contributed by atoms with Crippen molar-refractivity contribution in [2.75, 3.05) is 18.5 Å². The van der Waals surface area contributed by atoms with Crippen LogP contribution in [0.25, 0.3) is 11.0 Å². The monoisotopic (exact) mass is 373 g/mol. The first-order valence-electron chi connectivity index (χ1n) is 8.46. The van der Waals surface area contributed by atoms with Gasteiger partial charge in [-0.15, -0.1) is 0 Å². The van der Waals surface area contributed by atoms with Crippen LogP contribution in [0.1, 0.15) is 22.5 Å². The van der Waals surface area contributed by atoms with Crippen LogP contribution in [-0.2, 0) is 0 Å². The predicted molar refractivity (Wildman–Crippen MR) is 98.5 cm³/mol. The standard InChI is InChI=1S/C19H20FN3O4/c1-11-2-3-15(14(20)8-11)23-17-13-9-21-6-5-16(13)27-18(17)19(26)22-7-4-12(25)10-24/h2-3,5-6,8-9,12,23-25H,4,7,10H2,1H3,(H,22,26). The molecule has 27 heavy (non-hydrogen) atoms. The second kappa shape index (κ2) is 8.15. The van der Waals surface area contributed by atoms with Gasteiger partial charge in [-0.1, -0.05) is 6.07 Å². The summed E-state index contributed by atoms with van der Waals surface area (Å²) in [5.41, 5.74) is 1.72. The first kappa shape index (κ1) is 18.8. The van der Waals surface area contributed by atoms with Crippen LogP contribution in [0, 0.1) is 12.7 Å². The number of aryl methyl sites for hydroxylation is 1. The molecule has 1 atom stereocenters. The Hall–Kier alpha value is -2.97. The van der Waals surface area contributed by atoms with Crippen LogP contribution < -0.4 is 10.6 Å². The molecule has 2 aromatic heterocycles. The fourth-order valence-corrected chi connectivity index (χ4v) is 2.61. The molecule has 2 heterocycles. The lowest BCUT2D eigenvalue weighted by molar-refractivity contribution is 0.0824. The van der Waals surface area contributed by atoms with E-state index in [-0.39, 0.29) is 31.0 Å². The fourth-order valence-electron chi connectivity index (χ4n) is 2.61. The van der Waals surface area contributed by atoms with Gasteiger partial charge in [0.1, 0.15) is 17.1 Å². The summed E-state index contributed by atoms with van der Waals surface area (Å²) in [5, 5.41) is 24.3. The molecule has 1 aromatic carbocycles. The van der Waals surface area contributed by atoms with E-state index in [0.29, 0.717) is 16.7 Å². The van der Waals surface area contributed by atoms with Crippen LogP contribution in [0.3, 0.4) is 0 Å². The number of amides is 1. The zero-order valence-corrected chi connectivity index (χ0v) is 14.7. The number of furan rings is 1. The summed E-state index contributed by atoms with van der Waals surface area (Å²) in [6.07, 6.45) is 2.34. The van der Waals surface area contributed by atoms with E-state index in [1.165, 1.54) is 18.5 Å². The number of hydrogen-bond acceptors (Lipinski definition) is 6. The molecule has 1 amide bonds. The number of hydrogen-bond donors (Lipinski definition) is 4. The second-order valence-corrected chi connectivity index (χ2v) is 6.17. The number of benzene rings is 1. The third-order valence-corrected chi connectivity index (χ3v) is 4.05. The van der Waals surface area contributed by atoms with E-state index in [2.05, 4.69) is 15.6 Å². The third kappa shape index (κ3) is 4.24. The molecule has 0 radical (unpaired) electrons. The summed E-state index contributed by atoms with van der Waals surface area (Å²) in [6.45, 7) is 1.55. The lowest BCUT2D eigenvalue weighted by Crippen LogP contribution is -2.28. The van der Waals surface area contributed by atoms with Crippen molar-refractivity contribution in [2.24, 2.45) is 0 Å². The summed E-state index contributed by atoms with van der Waals surface area (Å²) in [4.78, 5) is 16.6. The largest absolute Gasteiger partial charge is 0.448 e. The number of halogens is 1. The summed E-state index contributed by atoms with van der Waals surface area (Å²) >= 11 is 0. The number of anilines is 2. The topological polar surface area (TPSA) is 108 Å². The van der Waals surface area contributed by atoms with Gasteiger partial charge in [0.15, 0.2) is 0 Å². The molecule has 7 nitrogen and oxygen atoms in total. The highest BCUT2D eigenvalue weighted by molar-refractivity contribution is 6.07. The Morgan fingerprint density at radius 3 is 2.93 bits per heavy atom. The van der Waals surface area contributed by atoms with E-state index in [1.54, 1.807) is 25.1 Å². The van der Waals surface area contributed by atoms with Gasteiger partial charge in [-0.05, 0) is 37.1 Å². The normalized spacial score (nSPS) is 12.1. The maximum Gasteiger partial charge on any atom is 0.289 e. The number of pyridine rings is 1. The third-order valence-electron chi connectivity index (χ3n) is 4.05. The van der Waals surface area contributed by atoms with Crippen molar-refractivity contribution in [2.45, 2.75) is 19.4 Å². The van der Waals surface area contributed by atoms with Crippen molar-refractivity contribution in [3.8, 4) is 0 Å². The Labute approximate surface area is 154 Å². The Morgan fingerprint density at radius 1 is 1.37 bits per heavy atom. The molecule has 0 aliphatic carbocycles. The molecule has 0 spiro atoms.